The van der Waals surface area contributed by atoms with E-state index in [1.165, 1.54) is 0 Å². The zero-order chi connectivity index (χ0) is 35.7. The minimum absolute atomic E-state index is 0.0461. The molecule has 0 spiro atoms. The molecule has 0 saturated carbocycles. The molecule has 2 aromatic rings. The number of nitro groups is 1. The Bertz CT molecular complexity index is 1540. The van der Waals surface area contributed by atoms with Gasteiger partial charge in [0.15, 0.2) is 24.6 Å². The van der Waals surface area contributed by atoms with E-state index < -0.39 is 78.1 Å². The van der Waals surface area contributed by atoms with Crippen LogP contribution in [0.15, 0.2) is 48.5 Å². The van der Waals surface area contributed by atoms with Gasteiger partial charge in [-0.25, -0.2) is 4.79 Å². The number of esters is 3. The first kappa shape index (κ1) is 36.4. The van der Waals surface area contributed by atoms with Crippen LogP contribution in [0.5, 0.6) is 5.75 Å². The summed E-state index contributed by atoms with van der Waals surface area (Å²) in [7, 11) is 0. The second-order valence-electron chi connectivity index (χ2n) is 10.5. The van der Waals surface area contributed by atoms with Crippen LogP contribution < -0.4 is 4.74 Å². The number of hydrogen-bond donors (Lipinski definition) is 0. The monoisotopic (exact) mass is 688 g/mol. The predicted octanol–water partition coefficient (Wildman–Crippen LogP) is 1.96. The fourth-order valence-corrected chi connectivity index (χ4v) is 4.92. The molecular formula is C31H32N2O16. The second kappa shape index (κ2) is 16.6. The number of nitrogens with zero attached hydrogens (tertiary/aromatic N) is 2. The number of nitro benzene ring substituents is 1. The van der Waals surface area contributed by atoms with E-state index in [9.17, 15) is 38.9 Å². The Kier molecular flexibility index (Phi) is 12.3. The van der Waals surface area contributed by atoms with Gasteiger partial charge in [-0.05, 0) is 24.3 Å². The highest BCUT2D eigenvalue weighted by Crippen LogP contribution is 2.30. The van der Waals surface area contributed by atoms with Crippen LogP contribution in [0.1, 0.15) is 41.5 Å². The molecule has 0 aromatic heterocycles. The van der Waals surface area contributed by atoms with Crippen LogP contribution >= 0.6 is 0 Å². The first-order chi connectivity index (χ1) is 23.3. The molecule has 0 radical (unpaired) electrons. The van der Waals surface area contributed by atoms with Gasteiger partial charge in [-0.15, -0.1) is 0 Å². The van der Waals surface area contributed by atoms with E-state index in [0.717, 1.165) is 49.9 Å². The third-order valence-electron chi connectivity index (χ3n) is 6.97. The summed E-state index contributed by atoms with van der Waals surface area (Å²) in [4.78, 5) is 85.2. The van der Waals surface area contributed by atoms with Crippen molar-refractivity contribution in [2.75, 3.05) is 33.0 Å². The number of amides is 2. The van der Waals surface area contributed by atoms with Gasteiger partial charge in [0.1, 0.15) is 18.5 Å². The van der Waals surface area contributed by atoms with E-state index >= 15 is 0 Å². The number of carbonyl (C=O) groups is 6. The SMILES string of the molecule is CC(=O)OC[C@H]1O[C@H](OCCOCCN2C(=O)c3ccccc3C2=O)[C@@H](OC(=O)Oc2ccc([N+](=O)[O-])cc2)[C@@H](OC(C)=O)[C@@H]1OC(C)=O. The first-order valence-electron chi connectivity index (χ1n) is 14.8. The maximum absolute atomic E-state index is 12.9. The van der Waals surface area contributed by atoms with Gasteiger partial charge in [-0.1, -0.05) is 12.1 Å². The quantitative estimate of drug-likeness (QED) is 0.0526. The lowest BCUT2D eigenvalue weighted by molar-refractivity contribution is -0.384. The number of imide groups is 1. The van der Waals surface area contributed by atoms with Crippen molar-refractivity contribution in [1.82, 2.24) is 4.90 Å². The minimum atomic E-state index is -1.65. The van der Waals surface area contributed by atoms with E-state index in [1.807, 2.05) is 0 Å². The van der Waals surface area contributed by atoms with Crippen molar-refractivity contribution in [3.05, 3.63) is 69.8 Å². The summed E-state index contributed by atoms with van der Waals surface area (Å²) in [5.74, 6) is -3.45. The molecule has 18 heteroatoms. The number of carbonyl (C=O) groups excluding carboxylic acids is 6. The van der Waals surface area contributed by atoms with Crippen LogP contribution in [0.3, 0.4) is 0 Å². The summed E-state index contributed by atoms with van der Waals surface area (Å²) in [5, 5.41) is 11.0. The number of fused-ring (bicyclic) bond motifs is 1. The molecule has 18 nitrogen and oxygen atoms in total. The Morgan fingerprint density at radius 3 is 1.98 bits per heavy atom. The van der Waals surface area contributed by atoms with Gasteiger partial charge in [-0.3, -0.25) is 39.0 Å². The van der Waals surface area contributed by atoms with Crippen LogP contribution in [-0.2, 0) is 47.5 Å². The number of hydrogen-bond acceptors (Lipinski definition) is 16. The van der Waals surface area contributed by atoms with Gasteiger partial charge in [-0.2, -0.15) is 0 Å². The average Bonchev–Trinajstić information content (AvgIpc) is 3.28. The Balaban J connectivity index is 1.46. The average molecular weight is 689 g/mol. The van der Waals surface area contributed by atoms with E-state index in [-0.39, 0.29) is 37.8 Å². The van der Waals surface area contributed by atoms with Gasteiger partial charge in [0, 0.05) is 32.9 Å². The zero-order valence-electron chi connectivity index (χ0n) is 26.5. The van der Waals surface area contributed by atoms with Crippen molar-refractivity contribution >= 4 is 41.6 Å². The van der Waals surface area contributed by atoms with Gasteiger partial charge < -0.3 is 37.9 Å². The first-order valence-corrected chi connectivity index (χ1v) is 14.8. The van der Waals surface area contributed by atoms with Crippen LogP contribution in [0, 0.1) is 10.1 Å². The van der Waals surface area contributed by atoms with Gasteiger partial charge >= 0.3 is 24.1 Å². The molecule has 1 fully saturated rings. The summed E-state index contributed by atoms with van der Waals surface area (Å²) >= 11 is 0. The summed E-state index contributed by atoms with van der Waals surface area (Å²) in [6, 6.07) is 10.9. The predicted molar refractivity (Wildman–Crippen MR) is 159 cm³/mol. The van der Waals surface area contributed by atoms with Crippen LogP contribution in [0.4, 0.5) is 10.5 Å². The normalized spacial score (nSPS) is 21.4. The largest absolute Gasteiger partial charge is 0.514 e. The third-order valence-corrected chi connectivity index (χ3v) is 6.97. The number of rotatable bonds is 14. The third kappa shape index (κ3) is 9.55. The topological polar surface area (TPSA) is 223 Å². The number of ether oxygens (including phenoxy) is 8. The molecule has 2 aliphatic heterocycles. The standard InChI is InChI=1S/C31H32N2O16/c1-17(34)44-16-24-25(45-18(2)35)26(46-19(3)36)27(49-31(39)47-21-10-8-20(9-11-21)33(40)41)30(48-24)43-15-14-42-13-12-32-28(37)22-6-4-5-7-23(22)29(32)38/h4-11,24-27,30H,12-16H2,1-3H3/t24-,25-,26+,27+,30+/m1/s1. The maximum Gasteiger partial charge on any atom is 0.514 e. The fraction of sp³-hybridized carbons (Fsp3) is 0.419. The zero-order valence-corrected chi connectivity index (χ0v) is 26.5. The maximum atomic E-state index is 12.9. The molecule has 2 amide bonds. The van der Waals surface area contributed by atoms with Crippen LogP contribution in [0.25, 0.3) is 0 Å². The Hall–Kier alpha value is -5.46. The van der Waals surface area contributed by atoms with Gasteiger partial charge in [0.2, 0.25) is 0 Å². The second-order valence-corrected chi connectivity index (χ2v) is 10.5. The molecule has 0 N–H and O–H groups in total. The van der Waals surface area contributed by atoms with Crippen molar-refractivity contribution in [2.45, 2.75) is 51.5 Å². The number of benzene rings is 2. The Labute approximate surface area is 278 Å². The van der Waals surface area contributed by atoms with Crippen molar-refractivity contribution in [2.24, 2.45) is 0 Å². The van der Waals surface area contributed by atoms with Crippen LogP contribution in [-0.4, -0.2) is 109 Å². The van der Waals surface area contributed by atoms with E-state index in [1.54, 1.807) is 24.3 Å². The highest BCUT2D eigenvalue weighted by Gasteiger charge is 2.53. The highest BCUT2D eigenvalue weighted by molar-refractivity contribution is 6.21. The fourth-order valence-electron chi connectivity index (χ4n) is 4.92. The molecule has 2 heterocycles. The molecule has 5 atom stereocenters. The van der Waals surface area contributed by atoms with Crippen molar-refractivity contribution in [1.29, 1.82) is 0 Å². The highest BCUT2D eigenvalue weighted by atomic mass is 16.8. The van der Waals surface area contributed by atoms with Crippen molar-refractivity contribution in [3.8, 4) is 5.75 Å². The smallest absolute Gasteiger partial charge is 0.463 e. The Morgan fingerprint density at radius 1 is 0.796 bits per heavy atom. The molecule has 49 heavy (non-hydrogen) atoms. The van der Waals surface area contributed by atoms with Crippen molar-refractivity contribution in [3.63, 3.8) is 0 Å². The van der Waals surface area contributed by atoms with Gasteiger partial charge in [0.25, 0.3) is 17.5 Å². The van der Waals surface area contributed by atoms with Gasteiger partial charge in [0.05, 0.1) is 42.4 Å². The molecule has 1 saturated heterocycles. The number of non-ortho nitro benzene ring substituents is 1. The summed E-state index contributed by atoms with van der Waals surface area (Å²) < 4.78 is 43.6. The van der Waals surface area contributed by atoms with Crippen LogP contribution in [0.2, 0.25) is 0 Å². The summed E-state index contributed by atoms with van der Waals surface area (Å²) in [6.07, 6.45) is -8.88. The minimum Gasteiger partial charge on any atom is -0.463 e. The van der Waals surface area contributed by atoms with E-state index in [0.29, 0.717) is 11.1 Å². The lowest BCUT2D eigenvalue weighted by atomic mass is 9.98. The lowest BCUT2D eigenvalue weighted by Gasteiger charge is -2.43. The molecule has 0 bridgehead atoms. The summed E-state index contributed by atoms with van der Waals surface area (Å²) in [5.41, 5.74) is 0.320. The van der Waals surface area contributed by atoms with Crippen molar-refractivity contribution < 1.29 is 71.6 Å². The van der Waals surface area contributed by atoms with E-state index in [4.69, 9.17) is 37.9 Å². The van der Waals surface area contributed by atoms with E-state index in [2.05, 4.69) is 0 Å². The summed E-state index contributed by atoms with van der Waals surface area (Å²) in [6.45, 7) is 2.29. The molecule has 262 valence electrons. The molecule has 0 unspecified atom stereocenters. The molecule has 2 aromatic carbocycles. The Morgan fingerprint density at radius 2 is 1.41 bits per heavy atom. The lowest BCUT2D eigenvalue weighted by Crippen LogP contribution is -2.63. The molecule has 4 rings (SSSR count). The molecule has 0 aliphatic carbocycles. The molecular weight excluding hydrogens is 656 g/mol. The molecule has 2 aliphatic rings.